The Balaban J connectivity index is 1.07. The maximum absolute atomic E-state index is 13.9. The lowest BCUT2D eigenvalue weighted by molar-refractivity contribution is -0.144. The number of aryl methyl sites for hydroxylation is 1. The van der Waals surface area contributed by atoms with Crippen LogP contribution in [0.5, 0.6) is 0 Å². The first-order valence-electron chi connectivity index (χ1n) is 19.9. The highest BCUT2D eigenvalue weighted by molar-refractivity contribution is 7.13. The second-order valence-electron chi connectivity index (χ2n) is 15.3. The lowest BCUT2D eigenvalue weighted by Gasteiger charge is -2.35. The zero-order valence-corrected chi connectivity index (χ0v) is 38.0. The number of thiazole rings is 1. The summed E-state index contributed by atoms with van der Waals surface area (Å²) in [5.74, 6) is -1.40. The number of benzene rings is 1. The summed E-state index contributed by atoms with van der Waals surface area (Å²) >= 11 is 19.4. The van der Waals surface area contributed by atoms with Crippen LogP contribution in [0.3, 0.4) is 0 Å². The molecule has 1 aliphatic heterocycles. The fourth-order valence-corrected chi connectivity index (χ4v) is 7.22. The number of aliphatic hydroxyl groups is 1. The van der Waals surface area contributed by atoms with E-state index in [1.165, 1.54) is 17.3 Å². The van der Waals surface area contributed by atoms with E-state index in [1.54, 1.807) is 22.9 Å². The number of amides is 5. The number of nitrogens with zero attached hydrogens (tertiary/aromatic N) is 4. The van der Waals surface area contributed by atoms with E-state index in [4.69, 9.17) is 49.0 Å². The summed E-state index contributed by atoms with van der Waals surface area (Å²) in [5, 5.41) is 24.0. The molecule has 1 saturated heterocycles. The van der Waals surface area contributed by atoms with Crippen LogP contribution in [0.1, 0.15) is 57.7 Å². The number of rotatable bonds is 22. The molecule has 4 rings (SSSR count). The zero-order valence-electron chi connectivity index (χ0n) is 35.0. The van der Waals surface area contributed by atoms with Crippen molar-refractivity contribution < 1.29 is 43.3 Å². The monoisotopic (exact) mass is 941 g/mol. The Bertz CT molecular complexity index is 1920. The van der Waals surface area contributed by atoms with Crippen molar-refractivity contribution in [1.82, 2.24) is 41.1 Å². The van der Waals surface area contributed by atoms with Gasteiger partial charge in [0.1, 0.15) is 12.1 Å². The van der Waals surface area contributed by atoms with Gasteiger partial charge < -0.3 is 45.5 Å². The molecule has 22 heteroatoms. The quantitative estimate of drug-likeness (QED) is 0.0478. The van der Waals surface area contributed by atoms with E-state index in [1.807, 2.05) is 52.0 Å². The third-order valence-electron chi connectivity index (χ3n) is 9.34. The Kier molecular flexibility index (Phi) is 19.8. The molecule has 0 spiro atoms. The molecule has 1 fully saturated rings. The molecule has 0 bridgehead atoms. The van der Waals surface area contributed by atoms with Gasteiger partial charge in [0.15, 0.2) is 6.17 Å². The number of anilines is 1. The van der Waals surface area contributed by atoms with Gasteiger partial charge >= 0.3 is 6.09 Å². The number of aliphatic hydroxyl groups excluding tert-OH is 1. The van der Waals surface area contributed by atoms with E-state index in [-0.39, 0.29) is 89.7 Å². The highest BCUT2D eigenvalue weighted by Crippen LogP contribution is 2.31. The van der Waals surface area contributed by atoms with E-state index < -0.39 is 51.5 Å². The van der Waals surface area contributed by atoms with E-state index in [9.17, 15) is 29.1 Å². The number of ether oxygens (including phenoxy) is 3. The number of halogens is 3. The summed E-state index contributed by atoms with van der Waals surface area (Å²) in [5.41, 5.74) is 3.96. The molecule has 0 aliphatic carbocycles. The van der Waals surface area contributed by atoms with Crippen LogP contribution in [0.2, 0.25) is 0 Å². The molecule has 5 amide bonds. The van der Waals surface area contributed by atoms with Crippen LogP contribution >= 0.6 is 46.1 Å². The van der Waals surface area contributed by atoms with Crippen molar-refractivity contribution in [2.24, 2.45) is 5.41 Å². The highest BCUT2D eigenvalue weighted by Gasteiger charge is 2.44. The molecule has 340 valence electrons. The summed E-state index contributed by atoms with van der Waals surface area (Å²) in [6, 6.07) is 7.54. The number of likely N-dealkylation sites (tertiary alicyclic amines) is 1. The first kappa shape index (κ1) is 50.3. The second-order valence-corrected chi connectivity index (χ2v) is 18.6. The van der Waals surface area contributed by atoms with E-state index in [0.29, 0.717) is 6.42 Å². The average Bonchev–Trinajstić information content (AvgIpc) is 3.84. The van der Waals surface area contributed by atoms with Crippen molar-refractivity contribution in [3.8, 4) is 10.4 Å². The van der Waals surface area contributed by atoms with Gasteiger partial charge in [-0.1, -0.05) is 79.8 Å². The van der Waals surface area contributed by atoms with Gasteiger partial charge in [-0.05, 0) is 36.0 Å². The van der Waals surface area contributed by atoms with Crippen LogP contribution in [-0.2, 0) is 39.9 Å². The number of nitrogens with one attached hydrogen (secondary N) is 5. The Hall–Kier alpha value is -4.37. The Morgan fingerprint density at radius 2 is 1.56 bits per heavy atom. The van der Waals surface area contributed by atoms with Crippen LogP contribution in [0.25, 0.3) is 10.4 Å². The van der Waals surface area contributed by atoms with Crippen molar-refractivity contribution in [2.75, 3.05) is 51.4 Å². The molecule has 0 saturated carbocycles. The molecule has 4 atom stereocenters. The number of alkyl carbamates (subject to hydrolysis) is 1. The first-order chi connectivity index (χ1) is 29.4. The summed E-state index contributed by atoms with van der Waals surface area (Å²) in [6.07, 6.45) is 0.467. The minimum Gasteiger partial charge on any atom is -0.449 e. The van der Waals surface area contributed by atoms with Crippen LogP contribution in [0.15, 0.2) is 48.2 Å². The average molecular weight is 943 g/mol. The maximum Gasteiger partial charge on any atom is 0.408 e. The predicted octanol–water partition coefficient (Wildman–Crippen LogP) is 3.87. The van der Waals surface area contributed by atoms with E-state index >= 15 is 0 Å². The van der Waals surface area contributed by atoms with Gasteiger partial charge in [-0.3, -0.25) is 24.5 Å². The first-order valence-corrected chi connectivity index (χ1v) is 21.9. The van der Waals surface area contributed by atoms with Gasteiger partial charge in [0.05, 0.1) is 55.2 Å². The maximum atomic E-state index is 13.9. The molecular weight excluding hydrogens is 889 g/mol. The lowest BCUT2D eigenvalue weighted by Crippen LogP contribution is -2.57. The number of carbonyl (C=O) groups is 5. The van der Waals surface area contributed by atoms with Gasteiger partial charge in [-0.2, -0.15) is 0 Å². The standard InChI is InChI=1S/C40H54Cl3N9O9S/c1-25-32(62-24-48-25)27-9-7-26(8-10-27)22-47-34(56)29-21-28(53)23-52(29)35(57)33(39(2,3)4)49-31(55)12-18-60-20-19-59-17-11-30(54)44-15-6-16-61-38(58)51-36(40(41,42)43)50-37-45-13-5-14-46-37/h5,7-10,13-14,24,28-29,33,36,53H,6,11-12,15-23H2,1-4H3,(H,44,54)(H,47,56)(H,49,55)(H,51,58)(H,45,46,50)/t28-,29+,33-,36?/m1/s1. The third-order valence-corrected chi connectivity index (χ3v) is 11.0. The van der Waals surface area contributed by atoms with Crippen molar-refractivity contribution in [1.29, 1.82) is 0 Å². The summed E-state index contributed by atoms with van der Waals surface area (Å²) in [6.45, 7) is 8.36. The highest BCUT2D eigenvalue weighted by atomic mass is 35.6. The number of alkyl halides is 3. The topological polar surface area (TPSA) is 235 Å². The van der Waals surface area contributed by atoms with Crippen molar-refractivity contribution in [3.63, 3.8) is 0 Å². The molecule has 0 radical (unpaired) electrons. The molecule has 2 aromatic heterocycles. The van der Waals surface area contributed by atoms with Gasteiger partial charge in [0.25, 0.3) is 0 Å². The molecule has 62 heavy (non-hydrogen) atoms. The van der Waals surface area contributed by atoms with E-state index in [0.717, 1.165) is 21.7 Å². The predicted molar refractivity (Wildman–Crippen MR) is 234 cm³/mol. The normalized spacial score (nSPS) is 16.2. The second kappa shape index (κ2) is 24.5. The van der Waals surface area contributed by atoms with Gasteiger partial charge in [-0.15, -0.1) is 11.3 Å². The van der Waals surface area contributed by atoms with Crippen LogP contribution in [0, 0.1) is 12.3 Å². The fraction of sp³-hybridized carbons (Fsp3) is 0.550. The number of hydrogen-bond donors (Lipinski definition) is 6. The molecule has 3 aromatic rings. The third kappa shape index (κ3) is 16.7. The van der Waals surface area contributed by atoms with Crippen LogP contribution in [0.4, 0.5) is 10.7 Å². The van der Waals surface area contributed by atoms with Crippen molar-refractivity contribution >= 4 is 81.8 Å². The van der Waals surface area contributed by atoms with Gasteiger partial charge in [0.2, 0.25) is 33.4 Å². The fourth-order valence-electron chi connectivity index (χ4n) is 6.08. The van der Waals surface area contributed by atoms with Crippen LogP contribution in [-0.4, -0.2) is 129 Å². The molecule has 1 unspecified atom stereocenters. The van der Waals surface area contributed by atoms with Crippen molar-refractivity contribution in [3.05, 3.63) is 59.5 Å². The molecule has 1 aliphatic rings. The summed E-state index contributed by atoms with van der Waals surface area (Å²) < 4.78 is 14.1. The van der Waals surface area contributed by atoms with Gasteiger partial charge in [-0.25, -0.2) is 19.7 Å². The SMILES string of the molecule is Cc1ncsc1-c1ccc(CNC(=O)[C@@H]2C[C@@H](O)CN2C(=O)[C@@H](NC(=O)CCOCCOCCC(=O)NCCCOC(=O)NC(Nc2ncccn2)C(Cl)(Cl)Cl)C(C)(C)C)cc1. The Morgan fingerprint density at radius 3 is 2.18 bits per heavy atom. The number of β-amino-alcohol motifs (C(OH)–C–C–N with tert-alkyl or cyclic N) is 1. The number of hydrogen-bond acceptors (Lipinski definition) is 14. The molecular formula is C40H54Cl3N9O9S. The van der Waals surface area contributed by atoms with Gasteiger partial charge in [0, 0.05) is 51.3 Å². The molecule has 1 aromatic carbocycles. The smallest absolute Gasteiger partial charge is 0.408 e. The molecule has 6 N–H and O–H groups in total. The molecule has 18 nitrogen and oxygen atoms in total. The van der Waals surface area contributed by atoms with E-state index in [2.05, 4.69) is 41.5 Å². The largest absolute Gasteiger partial charge is 0.449 e. The van der Waals surface area contributed by atoms with Crippen molar-refractivity contribution in [2.45, 2.75) is 88.1 Å². The zero-order chi connectivity index (χ0) is 45.3. The Morgan fingerprint density at radius 1 is 0.903 bits per heavy atom. The summed E-state index contributed by atoms with van der Waals surface area (Å²) in [4.78, 5) is 79.2. The number of carbonyl (C=O) groups excluding carboxylic acids is 5. The summed E-state index contributed by atoms with van der Waals surface area (Å²) in [7, 11) is 0. The Labute approximate surface area is 379 Å². The number of aromatic nitrogens is 3. The minimum atomic E-state index is -1.94. The molecule has 3 heterocycles. The minimum absolute atomic E-state index is 0.0203. The lowest BCUT2D eigenvalue weighted by atomic mass is 9.85. The van der Waals surface area contributed by atoms with Crippen LogP contribution < -0.4 is 26.6 Å².